The average molecular weight is 551 g/mol. The number of benzene rings is 2. The van der Waals surface area contributed by atoms with Crippen molar-refractivity contribution in [2.24, 2.45) is 0 Å². The van der Waals surface area contributed by atoms with Crippen molar-refractivity contribution in [3.05, 3.63) is 87.3 Å². The van der Waals surface area contributed by atoms with Gasteiger partial charge in [0.2, 0.25) is 12.4 Å². The van der Waals surface area contributed by atoms with Gasteiger partial charge in [0.1, 0.15) is 5.65 Å². The summed E-state index contributed by atoms with van der Waals surface area (Å²) < 4.78 is 2.33. The summed E-state index contributed by atoms with van der Waals surface area (Å²) in [4.78, 5) is 54.9. The van der Waals surface area contributed by atoms with Crippen molar-refractivity contribution in [1.82, 2.24) is 25.0 Å². The summed E-state index contributed by atoms with van der Waals surface area (Å²) in [5.74, 6) is -0.948. The Kier molecular flexibility index (Phi) is 10.7. The number of hydrogen-bond acceptors (Lipinski definition) is 7. The number of aryl methyl sites for hydroxylation is 2. The third kappa shape index (κ3) is 8.20. The number of anilines is 1. The molecule has 39 heavy (non-hydrogen) atoms. The zero-order chi connectivity index (χ0) is 28.2. The molecule has 0 saturated carbocycles. The summed E-state index contributed by atoms with van der Waals surface area (Å²) in [6.45, 7) is 2.79. The van der Waals surface area contributed by atoms with Gasteiger partial charge in [-0.2, -0.15) is 4.98 Å². The van der Waals surface area contributed by atoms with Crippen LogP contribution in [-0.4, -0.2) is 44.9 Å². The molecule has 0 saturated heterocycles. The van der Waals surface area contributed by atoms with Crippen LogP contribution >= 0.6 is 11.9 Å². The largest absolute Gasteiger partial charge is 0.478 e. The first-order valence-corrected chi connectivity index (χ1v) is 13.1. The fraction of sp³-hybridized carbons (Fsp3) is 0.222. The van der Waals surface area contributed by atoms with Crippen LogP contribution in [0.4, 0.5) is 5.95 Å². The van der Waals surface area contributed by atoms with Gasteiger partial charge in [-0.25, -0.2) is 4.79 Å². The van der Waals surface area contributed by atoms with E-state index in [0.29, 0.717) is 40.9 Å². The second-order valence-corrected chi connectivity index (χ2v) is 9.31. The lowest BCUT2D eigenvalue weighted by Gasteiger charge is -2.06. The number of carbonyl (C=O) groups excluding carboxylic acids is 2. The molecule has 0 radical (unpaired) electrons. The minimum absolute atomic E-state index is 0.0446. The predicted octanol–water partition coefficient (Wildman–Crippen LogP) is 3.29. The summed E-state index contributed by atoms with van der Waals surface area (Å²) in [5.41, 5.74) is 8.67. The van der Waals surface area contributed by atoms with E-state index in [4.69, 9.17) is 10.8 Å². The Morgan fingerprint density at radius 3 is 2.56 bits per heavy atom. The van der Waals surface area contributed by atoms with Crippen LogP contribution in [0.5, 0.6) is 0 Å². The van der Waals surface area contributed by atoms with Gasteiger partial charge in [-0.1, -0.05) is 37.6 Å². The van der Waals surface area contributed by atoms with E-state index in [9.17, 15) is 19.2 Å². The molecular weight excluding hydrogens is 520 g/mol. The number of aromatic carboxylic acids is 1. The van der Waals surface area contributed by atoms with E-state index in [-0.39, 0.29) is 23.0 Å². The molecule has 0 aliphatic carbocycles. The standard InChI is InChI=1S/C19H23N5O2.C8H7NO3S/c1-2-3-10-21-17(25)13-7-4-12(5-8-13)6-9-14-11-22-16-15(14)18(26)24-19(20)23-16;10-5-9-13-7-4-2-1-3-6(7)8(11)12/h4-5,7-8,11H,2-3,6,9-10H2,1H3,(H,21,25)(H4,20,22,23,24,26);1-5H,(H,9,10)(H,11,12). The molecule has 4 rings (SSSR count). The molecule has 0 spiro atoms. The highest BCUT2D eigenvalue weighted by molar-refractivity contribution is 7.98. The number of amides is 2. The zero-order valence-electron chi connectivity index (χ0n) is 21.3. The minimum atomic E-state index is -1.00. The van der Waals surface area contributed by atoms with Crippen molar-refractivity contribution in [1.29, 1.82) is 0 Å². The Morgan fingerprint density at radius 1 is 1.13 bits per heavy atom. The predicted molar refractivity (Wildman–Crippen MR) is 151 cm³/mol. The highest BCUT2D eigenvalue weighted by atomic mass is 32.2. The lowest BCUT2D eigenvalue weighted by molar-refractivity contribution is -0.107. The maximum atomic E-state index is 12.1. The monoisotopic (exact) mass is 550 g/mol. The van der Waals surface area contributed by atoms with Crippen molar-refractivity contribution in [2.45, 2.75) is 37.5 Å². The second-order valence-electron chi connectivity index (χ2n) is 8.43. The van der Waals surface area contributed by atoms with Gasteiger partial charge in [0.05, 0.1) is 10.9 Å². The quantitative estimate of drug-likeness (QED) is 0.0933. The van der Waals surface area contributed by atoms with Gasteiger partial charge >= 0.3 is 5.97 Å². The molecule has 2 heterocycles. The Morgan fingerprint density at radius 2 is 1.87 bits per heavy atom. The Labute approximate surface area is 228 Å². The maximum absolute atomic E-state index is 12.1. The van der Waals surface area contributed by atoms with Crippen LogP contribution in [-0.2, 0) is 17.6 Å². The van der Waals surface area contributed by atoms with E-state index >= 15 is 0 Å². The van der Waals surface area contributed by atoms with Crippen LogP contribution in [0.25, 0.3) is 11.0 Å². The number of nitrogens with two attached hydrogens (primary N) is 1. The maximum Gasteiger partial charge on any atom is 0.336 e. The first kappa shape index (κ1) is 29.0. The molecular formula is C27H30N6O5S. The van der Waals surface area contributed by atoms with E-state index in [0.717, 1.165) is 42.3 Å². The number of aromatic nitrogens is 3. The van der Waals surface area contributed by atoms with Gasteiger partial charge in [-0.15, -0.1) is 0 Å². The Hall–Kier alpha value is -4.58. The van der Waals surface area contributed by atoms with Crippen LogP contribution in [0, 0.1) is 0 Å². The number of carboxylic acid groups (broad SMARTS) is 1. The molecule has 0 aliphatic heterocycles. The molecule has 0 aliphatic rings. The summed E-state index contributed by atoms with van der Waals surface area (Å²) >= 11 is 0.976. The second kappa shape index (κ2) is 14.4. The van der Waals surface area contributed by atoms with Gasteiger partial charge in [-0.05, 0) is 66.6 Å². The fourth-order valence-electron chi connectivity index (χ4n) is 3.72. The topological polar surface area (TPSA) is 183 Å². The summed E-state index contributed by atoms with van der Waals surface area (Å²) in [6, 6.07) is 14.0. The van der Waals surface area contributed by atoms with Crippen LogP contribution < -0.4 is 21.3 Å². The number of fused-ring (bicyclic) bond motifs is 1. The molecule has 0 fully saturated rings. The van der Waals surface area contributed by atoms with Crippen LogP contribution in [0.2, 0.25) is 0 Å². The number of hydrogen-bond donors (Lipinski definition) is 6. The molecule has 12 heteroatoms. The minimum Gasteiger partial charge on any atom is -0.478 e. The number of carboxylic acids is 1. The molecule has 2 amide bonds. The van der Waals surface area contributed by atoms with Crippen molar-refractivity contribution < 1.29 is 19.5 Å². The molecule has 2 aromatic carbocycles. The van der Waals surface area contributed by atoms with Gasteiger partial charge in [0.15, 0.2) is 0 Å². The third-order valence-corrected chi connectivity index (χ3v) is 6.48. The number of nitrogen functional groups attached to an aromatic ring is 1. The normalized spacial score (nSPS) is 10.4. The van der Waals surface area contributed by atoms with Gasteiger partial charge in [0.25, 0.3) is 11.5 Å². The molecule has 0 unspecified atom stereocenters. The SMILES string of the molecule is CCCCNC(=O)c1ccc(CCc2c[nH]c3nc(N)[nH]c(=O)c23)cc1.O=CNSc1ccccc1C(=O)O. The highest BCUT2D eigenvalue weighted by Gasteiger charge is 2.11. The number of H-pyrrole nitrogens is 2. The van der Waals surface area contributed by atoms with E-state index in [1.165, 1.54) is 6.07 Å². The molecule has 11 nitrogen and oxygen atoms in total. The number of unbranched alkanes of at least 4 members (excludes halogenated alkanes) is 1. The van der Waals surface area contributed by atoms with Gasteiger partial charge in [0, 0.05) is 23.2 Å². The third-order valence-electron chi connectivity index (χ3n) is 5.69. The van der Waals surface area contributed by atoms with Crippen LogP contribution in [0.3, 0.4) is 0 Å². The first-order valence-electron chi connectivity index (χ1n) is 12.2. The summed E-state index contributed by atoms with van der Waals surface area (Å²) in [7, 11) is 0. The van der Waals surface area contributed by atoms with Crippen LogP contribution in [0.1, 0.15) is 51.6 Å². The molecule has 204 valence electrons. The van der Waals surface area contributed by atoms with Crippen LogP contribution in [0.15, 0.2) is 64.4 Å². The lowest BCUT2D eigenvalue weighted by atomic mass is 10.0. The number of nitrogens with one attached hydrogen (secondary N) is 4. The molecule has 0 atom stereocenters. The summed E-state index contributed by atoms with van der Waals surface area (Å²) in [5, 5.41) is 12.2. The van der Waals surface area contributed by atoms with Gasteiger partial charge < -0.3 is 21.1 Å². The number of rotatable bonds is 11. The molecule has 7 N–H and O–H groups in total. The zero-order valence-corrected chi connectivity index (χ0v) is 22.1. The number of carbonyl (C=O) groups is 3. The lowest BCUT2D eigenvalue weighted by Crippen LogP contribution is -2.24. The van der Waals surface area contributed by atoms with Crippen molar-refractivity contribution in [3.63, 3.8) is 0 Å². The summed E-state index contributed by atoms with van der Waals surface area (Å²) in [6.07, 6.45) is 5.78. The number of aromatic amines is 2. The van der Waals surface area contributed by atoms with E-state index < -0.39 is 5.97 Å². The number of nitrogens with zero attached hydrogens (tertiary/aromatic N) is 1. The smallest absolute Gasteiger partial charge is 0.336 e. The average Bonchev–Trinajstić information content (AvgIpc) is 3.34. The van der Waals surface area contributed by atoms with Gasteiger partial charge in [-0.3, -0.25) is 24.1 Å². The van der Waals surface area contributed by atoms with E-state index in [1.807, 2.05) is 24.3 Å². The molecule has 2 aromatic heterocycles. The Bertz CT molecular complexity index is 1480. The highest BCUT2D eigenvalue weighted by Crippen LogP contribution is 2.19. The van der Waals surface area contributed by atoms with E-state index in [2.05, 4.69) is 31.9 Å². The van der Waals surface area contributed by atoms with E-state index in [1.54, 1.807) is 24.4 Å². The first-order chi connectivity index (χ1) is 18.8. The Balaban J connectivity index is 0.000000272. The fourth-order valence-corrected chi connectivity index (χ4v) is 4.31. The van der Waals surface area contributed by atoms with Crippen molar-refractivity contribution in [2.75, 3.05) is 12.3 Å². The van der Waals surface area contributed by atoms with Crippen molar-refractivity contribution in [3.8, 4) is 0 Å². The molecule has 0 bridgehead atoms. The van der Waals surface area contributed by atoms with Crippen molar-refractivity contribution >= 4 is 47.2 Å². The molecule has 4 aromatic rings.